The molecule has 1 aromatic heterocycles. The van der Waals surface area contributed by atoms with Gasteiger partial charge >= 0.3 is 5.97 Å². The summed E-state index contributed by atoms with van der Waals surface area (Å²) in [6.07, 6.45) is 0. The van der Waals surface area contributed by atoms with Crippen LogP contribution in [0.15, 0.2) is 16.9 Å². The average Bonchev–Trinajstić information content (AvgIpc) is 2.85. The highest BCUT2D eigenvalue weighted by Gasteiger charge is 2.65. The van der Waals surface area contributed by atoms with Crippen molar-refractivity contribution in [3.63, 3.8) is 0 Å². The number of carboxylic acid groups (broad SMARTS) is 1. The van der Waals surface area contributed by atoms with Gasteiger partial charge in [-0.15, -0.1) is 0 Å². The third kappa shape index (κ3) is 1.99. The number of hydrogen-bond acceptors (Lipinski definition) is 4. The van der Waals surface area contributed by atoms with Crippen molar-refractivity contribution in [2.24, 2.45) is 17.3 Å². The molecule has 7 nitrogen and oxygen atoms in total. The maximum absolute atomic E-state index is 11.9. The number of amides is 1. The minimum absolute atomic E-state index is 0.200. The molecule has 0 aliphatic heterocycles. The van der Waals surface area contributed by atoms with Crippen molar-refractivity contribution in [2.45, 2.75) is 13.8 Å². The Morgan fingerprint density at radius 1 is 1.39 bits per heavy atom. The smallest absolute Gasteiger partial charge is 0.307 e. The zero-order valence-corrected chi connectivity index (χ0v) is 9.93. The van der Waals surface area contributed by atoms with Crippen LogP contribution in [0.1, 0.15) is 13.8 Å². The zero-order valence-electron chi connectivity index (χ0n) is 9.93. The Labute approximate surface area is 102 Å². The van der Waals surface area contributed by atoms with E-state index in [0.29, 0.717) is 0 Å². The molecule has 0 radical (unpaired) electrons. The van der Waals surface area contributed by atoms with Gasteiger partial charge in [-0.25, -0.2) is 5.10 Å². The lowest BCUT2D eigenvalue weighted by Crippen LogP contribution is -2.20. The third-order valence-electron chi connectivity index (χ3n) is 3.31. The summed E-state index contributed by atoms with van der Waals surface area (Å²) in [5.41, 5.74) is -0.930. The van der Waals surface area contributed by atoms with Crippen LogP contribution < -0.4 is 10.9 Å². The number of anilines is 1. The van der Waals surface area contributed by atoms with Crippen molar-refractivity contribution in [3.05, 3.63) is 22.5 Å². The average molecular weight is 251 g/mol. The molecule has 2 atom stereocenters. The summed E-state index contributed by atoms with van der Waals surface area (Å²) < 4.78 is 0. The summed E-state index contributed by atoms with van der Waals surface area (Å²) in [5.74, 6) is -2.43. The van der Waals surface area contributed by atoms with Gasteiger partial charge in [0.2, 0.25) is 5.91 Å². The molecular formula is C11H13N3O4. The fourth-order valence-electron chi connectivity index (χ4n) is 2.21. The Bertz CT molecular complexity index is 543. The Balaban J connectivity index is 2.08. The molecule has 0 unspecified atom stereocenters. The quantitative estimate of drug-likeness (QED) is 0.703. The van der Waals surface area contributed by atoms with Crippen molar-refractivity contribution >= 4 is 17.7 Å². The van der Waals surface area contributed by atoms with E-state index in [0.717, 1.165) is 0 Å². The van der Waals surface area contributed by atoms with Crippen LogP contribution in [0.5, 0.6) is 0 Å². The molecule has 2 rings (SSSR count). The molecule has 1 aromatic rings. The molecule has 18 heavy (non-hydrogen) atoms. The van der Waals surface area contributed by atoms with E-state index in [1.54, 1.807) is 13.8 Å². The van der Waals surface area contributed by atoms with Crippen molar-refractivity contribution in [1.29, 1.82) is 0 Å². The Morgan fingerprint density at radius 2 is 2.06 bits per heavy atom. The highest BCUT2D eigenvalue weighted by atomic mass is 16.4. The minimum atomic E-state index is -0.977. The Hall–Kier alpha value is -2.18. The summed E-state index contributed by atoms with van der Waals surface area (Å²) in [4.78, 5) is 33.6. The summed E-state index contributed by atoms with van der Waals surface area (Å²) >= 11 is 0. The number of carboxylic acids is 1. The number of aromatic amines is 1. The summed E-state index contributed by atoms with van der Waals surface area (Å²) in [6.45, 7) is 3.46. The Kier molecular flexibility index (Phi) is 2.68. The van der Waals surface area contributed by atoms with E-state index in [1.165, 1.54) is 12.1 Å². The van der Waals surface area contributed by atoms with E-state index in [4.69, 9.17) is 5.11 Å². The normalized spacial score (nSPS) is 24.3. The zero-order chi connectivity index (χ0) is 13.5. The number of hydrogen-bond donors (Lipinski definition) is 3. The van der Waals surface area contributed by atoms with Gasteiger partial charge in [0.15, 0.2) is 5.82 Å². The van der Waals surface area contributed by atoms with Gasteiger partial charge in [-0.1, -0.05) is 13.8 Å². The lowest BCUT2D eigenvalue weighted by Gasteiger charge is -2.04. The summed E-state index contributed by atoms with van der Waals surface area (Å²) in [7, 11) is 0. The molecule has 96 valence electrons. The van der Waals surface area contributed by atoms with Crippen LogP contribution in [0.25, 0.3) is 0 Å². The number of nitrogens with one attached hydrogen (secondary N) is 2. The first kappa shape index (κ1) is 12.3. The van der Waals surface area contributed by atoms with Gasteiger partial charge in [0.25, 0.3) is 5.56 Å². The SMILES string of the molecule is CC1(C)[C@H](C(=O)O)[C@@H]1C(=O)Nc1ccc(=O)[nH]n1. The Morgan fingerprint density at radius 3 is 2.50 bits per heavy atom. The molecule has 0 spiro atoms. The molecule has 3 N–H and O–H groups in total. The summed E-state index contributed by atoms with van der Waals surface area (Å²) in [6, 6.07) is 2.59. The van der Waals surface area contributed by atoms with Crippen molar-refractivity contribution in [2.75, 3.05) is 5.32 Å². The fraction of sp³-hybridized carbons (Fsp3) is 0.455. The van der Waals surface area contributed by atoms with Crippen LogP contribution >= 0.6 is 0 Å². The molecule has 0 bridgehead atoms. The predicted molar refractivity (Wildman–Crippen MR) is 61.9 cm³/mol. The minimum Gasteiger partial charge on any atom is -0.481 e. The molecule has 1 aliphatic rings. The van der Waals surface area contributed by atoms with E-state index in [-0.39, 0.29) is 11.4 Å². The van der Waals surface area contributed by atoms with Gasteiger partial charge in [-0.3, -0.25) is 14.4 Å². The highest BCUT2D eigenvalue weighted by Crippen LogP contribution is 2.58. The highest BCUT2D eigenvalue weighted by molar-refractivity contribution is 5.99. The number of rotatable bonds is 3. The van der Waals surface area contributed by atoms with Gasteiger partial charge in [-0.05, 0) is 11.5 Å². The molecule has 0 saturated heterocycles. The summed E-state index contributed by atoms with van der Waals surface area (Å²) in [5, 5.41) is 17.3. The monoisotopic (exact) mass is 251 g/mol. The van der Waals surface area contributed by atoms with Gasteiger partial charge in [0, 0.05) is 6.07 Å². The van der Waals surface area contributed by atoms with Crippen molar-refractivity contribution < 1.29 is 14.7 Å². The largest absolute Gasteiger partial charge is 0.481 e. The predicted octanol–water partition coefficient (Wildman–Crippen LogP) is 0.0652. The van der Waals surface area contributed by atoms with Gasteiger partial charge < -0.3 is 10.4 Å². The van der Waals surface area contributed by atoms with Crippen LogP contribution in [0.2, 0.25) is 0 Å². The van der Waals surface area contributed by atoms with Crippen molar-refractivity contribution in [3.8, 4) is 0 Å². The van der Waals surface area contributed by atoms with Crippen LogP contribution in [-0.2, 0) is 9.59 Å². The topological polar surface area (TPSA) is 112 Å². The molecular weight excluding hydrogens is 238 g/mol. The molecule has 1 amide bonds. The maximum atomic E-state index is 11.9. The number of carbonyl (C=O) groups excluding carboxylic acids is 1. The fourth-order valence-corrected chi connectivity index (χ4v) is 2.21. The van der Waals surface area contributed by atoms with Gasteiger partial charge in [-0.2, -0.15) is 5.10 Å². The molecule has 0 aromatic carbocycles. The standard InChI is InChI=1S/C11H13N3O4/c1-11(2)7(8(11)10(17)18)9(16)12-5-3-4-6(15)14-13-5/h3-4,7-8H,1-2H3,(H,14,15)(H,17,18)(H,12,13,16)/t7-,8+/m1/s1. The number of aromatic nitrogens is 2. The van der Waals surface area contributed by atoms with Crippen LogP contribution in [0.4, 0.5) is 5.82 Å². The first-order valence-corrected chi connectivity index (χ1v) is 5.43. The number of nitrogens with zero attached hydrogens (tertiary/aromatic N) is 1. The molecule has 1 heterocycles. The van der Waals surface area contributed by atoms with Crippen LogP contribution in [-0.4, -0.2) is 27.2 Å². The van der Waals surface area contributed by atoms with Gasteiger partial charge in [0.05, 0.1) is 11.8 Å². The molecule has 1 aliphatic carbocycles. The lowest BCUT2D eigenvalue weighted by atomic mass is 10.1. The first-order valence-electron chi connectivity index (χ1n) is 5.43. The molecule has 1 fully saturated rings. The number of aliphatic carboxylic acids is 1. The second-order valence-corrected chi connectivity index (χ2v) is 4.91. The second kappa shape index (κ2) is 3.94. The van der Waals surface area contributed by atoms with E-state index >= 15 is 0 Å². The first-order chi connectivity index (χ1) is 8.34. The lowest BCUT2D eigenvalue weighted by molar-refractivity contribution is -0.140. The van der Waals surface area contributed by atoms with E-state index in [9.17, 15) is 14.4 Å². The number of H-pyrrole nitrogens is 1. The molecule has 1 saturated carbocycles. The van der Waals surface area contributed by atoms with Crippen LogP contribution in [0, 0.1) is 17.3 Å². The van der Waals surface area contributed by atoms with Crippen LogP contribution in [0.3, 0.4) is 0 Å². The third-order valence-corrected chi connectivity index (χ3v) is 3.31. The van der Waals surface area contributed by atoms with E-state index < -0.39 is 29.1 Å². The molecule has 7 heteroatoms. The van der Waals surface area contributed by atoms with Crippen molar-refractivity contribution in [1.82, 2.24) is 10.2 Å². The second-order valence-electron chi connectivity index (χ2n) is 4.91. The van der Waals surface area contributed by atoms with E-state index in [1.807, 2.05) is 0 Å². The maximum Gasteiger partial charge on any atom is 0.307 e. The van der Waals surface area contributed by atoms with Gasteiger partial charge in [0.1, 0.15) is 0 Å². The number of carbonyl (C=O) groups is 2. The van der Waals surface area contributed by atoms with E-state index in [2.05, 4.69) is 15.5 Å².